The van der Waals surface area contributed by atoms with E-state index in [1.807, 2.05) is 20.8 Å². The number of hydrogen-bond acceptors (Lipinski definition) is 3. The number of pyridine rings is 1. The summed E-state index contributed by atoms with van der Waals surface area (Å²) in [4.78, 5) is 38.3. The summed E-state index contributed by atoms with van der Waals surface area (Å²) in [5.41, 5.74) is -0.269. The molecule has 1 heterocycles. The number of amides is 2. The van der Waals surface area contributed by atoms with Gasteiger partial charge in [0.15, 0.2) is 0 Å². The molecule has 0 radical (unpaired) electrons. The van der Waals surface area contributed by atoms with Crippen LogP contribution in [0, 0.1) is 0 Å². The van der Waals surface area contributed by atoms with Gasteiger partial charge in [-0.3, -0.25) is 14.4 Å². The van der Waals surface area contributed by atoms with Crippen LogP contribution in [0.15, 0.2) is 23.1 Å². The summed E-state index contributed by atoms with van der Waals surface area (Å²) < 4.78 is 0. The molecule has 0 aliphatic heterocycles. The van der Waals surface area contributed by atoms with E-state index in [9.17, 15) is 14.4 Å². The van der Waals surface area contributed by atoms with Crippen LogP contribution in [0.1, 0.15) is 31.1 Å². The Morgan fingerprint density at radius 1 is 1.32 bits per heavy atom. The summed E-state index contributed by atoms with van der Waals surface area (Å²) in [6, 6.07) is 2.70. The lowest BCUT2D eigenvalue weighted by Gasteiger charge is -2.23. The minimum absolute atomic E-state index is 0.0325. The molecule has 2 N–H and O–H groups in total. The van der Waals surface area contributed by atoms with Crippen LogP contribution < -0.4 is 10.9 Å². The quantitative estimate of drug-likeness (QED) is 0.828. The van der Waals surface area contributed by atoms with E-state index in [-0.39, 0.29) is 29.5 Å². The molecule has 0 spiro atoms. The van der Waals surface area contributed by atoms with E-state index >= 15 is 0 Å². The summed E-state index contributed by atoms with van der Waals surface area (Å²) in [5, 5.41) is 2.77. The molecule has 19 heavy (non-hydrogen) atoms. The third-order valence-corrected chi connectivity index (χ3v) is 2.27. The Morgan fingerprint density at radius 2 is 1.95 bits per heavy atom. The first-order chi connectivity index (χ1) is 8.69. The number of likely N-dealkylation sites (N-methyl/N-ethyl adjacent to an activating group) is 1. The van der Waals surface area contributed by atoms with Crippen molar-refractivity contribution >= 4 is 11.8 Å². The van der Waals surface area contributed by atoms with Crippen molar-refractivity contribution in [1.82, 2.24) is 15.2 Å². The van der Waals surface area contributed by atoms with Crippen LogP contribution in [-0.2, 0) is 4.79 Å². The van der Waals surface area contributed by atoms with Crippen LogP contribution in [0.2, 0.25) is 0 Å². The lowest BCUT2D eigenvalue weighted by Crippen LogP contribution is -2.46. The zero-order valence-corrected chi connectivity index (χ0v) is 11.6. The fourth-order valence-corrected chi connectivity index (χ4v) is 1.51. The van der Waals surface area contributed by atoms with E-state index < -0.39 is 0 Å². The molecular weight excluding hydrogens is 246 g/mol. The molecule has 104 valence electrons. The normalized spacial score (nSPS) is 10.9. The number of hydrogen-bond donors (Lipinski definition) is 2. The summed E-state index contributed by atoms with van der Waals surface area (Å²) in [7, 11) is 1.54. The number of aromatic nitrogens is 1. The predicted molar refractivity (Wildman–Crippen MR) is 71.9 cm³/mol. The second-order valence-corrected chi connectivity index (χ2v) is 5.40. The summed E-state index contributed by atoms with van der Waals surface area (Å²) in [6.07, 6.45) is 1.34. The molecule has 0 atom stereocenters. The van der Waals surface area contributed by atoms with Crippen LogP contribution in [0.3, 0.4) is 0 Å². The van der Waals surface area contributed by atoms with Gasteiger partial charge in [0.25, 0.3) is 5.91 Å². The third-order valence-electron chi connectivity index (χ3n) is 2.27. The lowest BCUT2D eigenvalue weighted by molar-refractivity contribution is -0.122. The number of carbonyl (C=O) groups is 2. The van der Waals surface area contributed by atoms with E-state index in [0.717, 1.165) is 0 Å². The first-order valence-corrected chi connectivity index (χ1v) is 5.94. The molecule has 0 bridgehead atoms. The Labute approximate surface area is 111 Å². The Morgan fingerprint density at radius 3 is 2.42 bits per heavy atom. The van der Waals surface area contributed by atoms with Gasteiger partial charge in [0.2, 0.25) is 11.5 Å². The van der Waals surface area contributed by atoms with Crippen molar-refractivity contribution in [1.29, 1.82) is 0 Å². The van der Waals surface area contributed by atoms with Crippen molar-refractivity contribution in [3.05, 3.63) is 34.2 Å². The van der Waals surface area contributed by atoms with Crippen LogP contribution in [-0.4, -0.2) is 40.8 Å². The van der Waals surface area contributed by atoms with E-state index in [0.29, 0.717) is 5.56 Å². The van der Waals surface area contributed by atoms with Crippen LogP contribution >= 0.6 is 0 Å². The highest BCUT2D eigenvalue weighted by atomic mass is 16.2. The van der Waals surface area contributed by atoms with Gasteiger partial charge in [-0.05, 0) is 26.8 Å². The van der Waals surface area contributed by atoms with Gasteiger partial charge in [-0.25, -0.2) is 0 Å². The molecule has 0 aromatic carbocycles. The van der Waals surface area contributed by atoms with E-state index in [4.69, 9.17) is 0 Å². The minimum Gasteiger partial charge on any atom is -0.350 e. The van der Waals surface area contributed by atoms with E-state index in [1.165, 1.54) is 30.3 Å². The van der Waals surface area contributed by atoms with Gasteiger partial charge < -0.3 is 15.2 Å². The van der Waals surface area contributed by atoms with Crippen molar-refractivity contribution in [2.45, 2.75) is 26.3 Å². The van der Waals surface area contributed by atoms with Gasteiger partial charge in [0, 0.05) is 24.8 Å². The SMILES string of the molecule is CN(CC(=O)NC(C)(C)C)C(=O)c1ccc(=O)[nH]c1. The largest absolute Gasteiger partial charge is 0.350 e. The molecular formula is C13H19N3O3. The number of nitrogens with one attached hydrogen (secondary N) is 2. The Hall–Kier alpha value is -2.11. The number of nitrogens with zero attached hydrogens (tertiary/aromatic N) is 1. The van der Waals surface area contributed by atoms with Crippen LogP contribution in [0.4, 0.5) is 0 Å². The fourth-order valence-electron chi connectivity index (χ4n) is 1.51. The molecule has 0 unspecified atom stereocenters. The smallest absolute Gasteiger partial charge is 0.255 e. The van der Waals surface area contributed by atoms with E-state index in [2.05, 4.69) is 10.3 Å². The van der Waals surface area contributed by atoms with E-state index in [1.54, 1.807) is 0 Å². The van der Waals surface area contributed by atoms with Gasteiger partial charge in [-0.1, -0.05) is 0 Å². The maximum atomic E-state index is 12.0. The van der Waals surface area contributed by atoms with Gasteiger partial charge in [0.1, 0.15) is 0 Å². The van der Waals surface area contributed by atoms with Crippen molar-refractivity contribution in [2.75, 3.05) is 13.6 Å². The topological polar surface area (TPSA) is 82.3 Å². The van der Waals surface area contributed by atoms with Gasteiger partial charge in [-0.2, -0.15) is 0 Å². The molecule has 2 amide bonds. The maximum Gasteiger partial charge on any atom is 0.255 e. The molecule has 1 rings (SSSR count). The Kier molecular flexibility index (Phi) is 4.47. The first kappa shape index (κ1) is 14.9. The van der Waals surface area contributed by atoms with Crippen molar-refractivity contribution in [2.24, 2.45) is 0 Å². The number of aromatic amines is 1. The molecule has 0 saturated carbocycles. The van der Waals surface area contributed by atoms with Crippen molar-refractivity contribution < 1.29 is 9.59 Å². The molecule has 0 saturated heterocycles. The Bertz CT molecular complexity index is 508. The predicted octanol–water partition coefficient (Wildman–Crippen LogP) is 0.362. The molecule has 1 aromatic heterocycles. The monoisotopic (exact) mass is 265 g/mol. The molecule has 1 aromatic rings. The highest BCUT2D eigenvalue weighted by Crippen LogP contribution is 2.01. The van der Waals surface area contributed by atoms with Gasteiger partial charge in [-0.15, -0.1) is 0 Å². The average Bonchev–Trinajstić information content (AvgIpc) is 2.26. The zero-order chi connectivity index (χ0) is 14.6. The maximum absolute atomic E-state index is 12.0. The molecule has 0 aliphatic rings. The van der Waals surface area contributed by atoms with Crippen molar-refractivity contribution in [3.8, 4) is 0 Å². The summed E-state index contributed by atoms with van der Waals surface area (Å²) in [5.74, 6) is -0.548. The highest BCUT2D eigenvalue weighted by Gasteiger charge is 2.18. The number of H-pyrrole nitrogens is 1. The number of carbonyl (C=O) groups excluding carboxylic acids is 2. The van der Waals surface area contributed by atoms with Crippen LogP contribution in [0.5, 0.6) is 0 Å². The molecule has 0 fully saturated rings. The lowest BCUT2D eigenvalue weighted by atomic mass is 10.1. The third kappa shape index (κ3) is 4.95. The Balaban J connectivity index is 2.65. The standard InChI is InChI=1S/C13H19N3O3/c1-13(2,3)15-11(18)8-16(4)12(19)9-5-6-10(17)14-7-9/h5-7H,8H2,1-4H3,(H,14,17)(H,15,18). The van der Waals surface area contributed by atoms with Crippen LogP contribution in [0.25, 0.3) is 0 Å². The summed E-state index contributed by atoms with van der Waals surface area (Å²) in [6.45, 7) is 5.58. The zero-order valence-electron chi connectivity index (χ0n) is 11.6. The minimum atomic E-state index is -0.334. The second kappa shape index (κ2) is 5.69. The molecule has 6 heteroatoms. The van der Waals surface area contributed by atoms with Gasteiger partial charge >= 0.3 is 0 Å². The summed E-state index contributed by atoms with van der Waals surface area (Å²) >= 11 is 0. The molecule has 0 aliphatic carbocycles. The first-order valence-electron chi connectivity index (χ1n) is 5.94. The fraction of sp³-hybridized carbons (Fsp3) is 0.462. The second-order valence-electron chi connectivity index (χ2n) is 5.40. The highest BCUT2D eigenvalue weighted by molar-refractivity contribution is 5.96. The molecule has 6 nitrogen and oxygen atoms in total. The van der Waals surface area contributed by atoms with Crippen molar-refractivity contribution in [3.63, 3.8) is 0 Å². The number of rotatable bonds is 3. The van der Waals surface area contributed by atoms with Gasteiger partial charge in [0.05, 0.1) is 12.1 Å². The average molecular weight is 265 g/mol.